The summed E-state index contributed by atoms with van der Waals surface area (Å²) in [4.78, 5) is 17.4. The Balaban J connectivity index is 2.27. The van der Waals surface area contributed by atoms with Crippen molar-refractivity contribution < 1.29 is 5.11 Å². The average molecular weight is 264 g/mol. The zero-order chi connectivity index (χ0) is 11.8. The third kappa shape index (κ3) is 4.42. The van der Waals surface area contributed by atoms with Crippen molar-refractivity contribution in [3.8, 4) is 0 Å². The van der Waals surface area contributed by atoms with E-state index in [0.717, 1.165) is 17.9 Å². The Labute approximate surface area is 103 Å². The van der Waals surface area contributed by atoms with Gasteiger partial charge in [0, 0.05) is 18.9 Å². The first-order valence-corrected chi connectivity index (χ1v) is 6.44. The monoisotopic (exact) mass is 263 g/mol. The molecule has 1 heterocycles. The molecule has 3 N–H and O–H groups in total. The van der Waals surface area contributed by atoms with Crippen LogP contribution in [-0.4, -0.2) is 39.7 Å². The molecule has 1 aromatic rings. The number of aromatic nitrogens is 2. The highest BCUT2D eigenvalue weighted by molar-refractivity contribution is 7.99. The quantitative estimate of drug-likeness (QED) is 0.639. The summed E-state index contributed by atoms with van der Waals surface area (Å²) < 4.78 is 0. The van der Waals surface area contributed by atoms with E-state index in [1.54, 1.807) is 11.8 Å². The molecule has 90 valence electrons. The second-order valence-corrected chi connectivity index (χ2v) is 4.61. The lowest BCUT2D eigenvalue weighted by Crippen LogP contribution is -2.13. The molecule has 7 heteroatoms. The number of nitrogens with zero attached hydrogens (tertiary/aromatic N) is 1. The van der Waals surface area contributed by atoms with Crippen molar-refractivity contribution in [1.82, 2.24) is 9.97 Å². The van der Waals surface area contributed by atoms with E-state index in [4.69, 9.17) is 16.7 Å². The molecule has 0 aliphatic carbocycles. The van der Waals surface area contributed by atoms with Crippen LogP contribution in [0.4, 0.5) is 5.82 Å². The molecular weight excluding hydrogens is 250 g/mol. The molecule has 0 aliphatic heterocycles. The molecule has 0 unspecified atom stereocenters. The molecule has 0 atom stereocenters. The van der Waals surface area contributed by atoms with E-state index in [1.807, 2.05) is 0 Å². The molecule has 0 bridgehead atoms. The normalized spacial score (nSPS) is 10.4. The number of hydrogen-bond donors (Lipinski definition) is 3. The largest absolute Gasteiger partial charge is 0.396 e. The molecule has 0 spiro atoms. The van der Waals surface area contributed by atoms with Crippen LogP contribution in [0.3, 0.4) is 0 Å². The molecule has 0 amide bonds. The van der Waals surface area contributed by atoms with Gasteiger partial charge in [0.25, 0.3) is 5.56 Å². The minimum atomic E-state index is -0.341. The standard InChI is InChI=1S/C9H14ClN3O2S/c10-7-8(12-6-13-9(7)15)11-2-5-16-4-1-3-14/h6,14H,1-5H2,(H2,11,12,13,15). The van der Waals surface area contributed by atoms with E-state index in [0.29, 0.717) is 12.4 Å². The second-order valence-electron chi connectivity index (χ2n) is 3.01. The van der Waals surface area contributed by atoms with E-state index in [9.17, 15) is 4.79 Å². The molecule has 0 aromatic carbocycles. The molecule has 1 aromatic heterocycles. The summed E-state index contributed by atoms with van der Waals surface area (Å²) in [6, 6.07) is 0. The van der Waals surface area contributed by atoms with Gasteiger partial charge in [0.15, 0.2) is 5.82 Å². The number of aliphatic hydroxyl groups excluding tert-OH is 1. The molecule has 0 aliphatic rings. The molecule has 0 saturated carbocycles. The van der Waals surface area contributed by atoms with Gasteiger partial charge in [-0.2, -0.15) is 11.8 Å². The smallest absolute Gasteiger partial charge is 0.271 e. The topological polar surface area (TPSA) is 78.0 Å². The Kier molecular flexibility index (Phi) is 6.29. The van der Waals surface area contributed by atoms with Crippen LogP contribution in [0.1, 0.15) is 6.42 Å². The summed E-state index contributed by atoms with van der Waals surface area (Å²) in [5, 5.41) is 11.6. The van der Waals surface area contributed by atoms with Gasteiger partial charge >= 0.3 is 0 Å². The van der Waals surface area contributed by atoms with Crippen molar-refractivity contribution in [2.75, 3.05) is 30.0 Å². The predicted molar refractivity (Wildman–Crippen MR) is 67.4 cm³/mol. The Morgan fingerprint density at radius 3 is 3.12 bits per heavy atom. The summed E-state index contributed by atoms with van der Waals surface area (Å²) in [6.45, 7) is 0.911. The number of anilines is 1. The minimum Gasteiger partial charge on any atom is -0.396 e. The average Bonchev–Trinajstić information content (AvgIpc) is 2.29. The molecule has 0 radical (unpaired) electrons. The Morgan fingerprint density at radius 1 is 1.56 bits per heavy atom. The van der Waals surface area contributed by atoms with Gasteiger partial charge in [-0.05, 0) is 12.2 Å². The van der Waals surface area contributed by atoms with Gasteiger partial charge in [0.1, 0.15) is 5.02 Å². The van der Waals surface area contributed by atoms with Crippen LogP contribution >= 0.6 is 23.4 Å². The zero-order valence-electron chi connectivity index (χ0n) is 8.70. The van der Waals surface area contributed by atoms with Crippen LogP contribution in [0.15, 0.2) is 11.1 Å². The number of H-pyrrole nitrogens is 1. The summed E-state index contributed by atoms with van der Waals surface area (Å²) in [7, 11) is 0. The van der Waals surface area contributed by atoms with Gasteiger partial charge < -0.3 is 15.4 Å². The number of thioether (sulfide) groups is 1. The van der Waals surface area contributed by atoms with Crippen LogP contribution < -0.4 is 10.9 Å². The Bertz CT molecular complexity index is 372. The summed E-state index contributed by atoms with van der Waals surface area (Å²) in [5.41, 5.74) is -0.341. The van der Waals surface area contributed by atoms with Crippen molar-refractivity contribution in [1.29, 1.82) is 0 Å². The van der Waals surface area contributed by atoms with Crippen LogP contribution in [0, 0.1) is 0 Å². The van der Waals surface area contributed by atoms with Gasteiger partial charge in [-0.15, -0.1) is 0 Å². The lowest BCUT2D eigenvalue weighted by atomic mass is 10.5. The third-order valence-electron chi connectivity index (χ3n) is 1.78. The minimum absolute atomic E-state index is 0.0860. The lowest BCUT2D eigenvalue weighted by molar-refractivity contribution is 0.296. The second kappa shape index (κ2) is 7.54. The first-order chi connectivity index (χ1) is 7.75. The molecule has 0 fully saturated rings. The van der Waals surface area contributed by atoms with Crippen LogP contribution in [0.25, 0.3) is 0 Å². The van der Waals surface area contributed by atoms with E-state index >= 15 is 0 Å². The van der Waals surface area contributed by atoms with Crippen molar-refractivity contribution in [2.45, 2.75) is 6.42 Å². The molecule has 1 rings (SSSR count). The van der Waals surface area contributed by atoms with Crippen molar-refractivity contribution in [2.24, 2.45) is 0 Å². The zero-order valence-corrected chi connectivity index (χ0v) is 10.3. The van der Waals surface area contributed by atoms with Gasteiger partial charge in [-0.1, -0.05) is 11.6 Å². The fourth-order valence-electron chi connectivity index (χ4n) is 1.02. The number of halogens is 1. The fourth-order valence-corrected chi connectivity index (χ4v) is 1.97. The maximum Gasteiger partial charge on any atom is 0.271 e. The van der Waals surface area contributed by atoms with E-state index in [2.05, 4.69) is 15.3 Å². The summed E-state index contributed by atoms with van der Waals surface area (Å²) >= 11 is 7.47. The van der Waals surface area contributed by atoms with Gasteiger partial charge in [0.2, 0.25) is 0 Å². The lowest BCUT2D eigenvalue weighted by Gasteiger charge is -2.05. The molecule has 0 saturated heterocycles. The molecule has 5 nitrogen and oxygen atoms in total. The number of rotatable bonds is 7. The highest BCUT2D eigenvalue weighted by Gasteiger charge is 2.03. The van der Waals surface area contributed by atoms with Crippen molar-refractivity contribution in [3.05, 3.63) is 21.7 Å². The van der Waals surface area contributed by atoms with Crippen LogP contribution in [0.2, 0.25) is 5.02 Å². The molecular formula is C9H14ClN3O2S. The van der Waals surface area contributed by atoms with E-state index in [1.165, 1.54) is 6.33 Å². The van der Waals surface area contributed by atoms with Crippen molar-refractivity contribution in [3.63, 3.8) is 0 Å². The maximum absolute atomic E-state index is 11.1. The Morgan fingerprint density at radius 2 is 2.38 bits per heavy atom. The fraction of sp³-hybridized carbons (Fsp3) is 0.556. The Hall–Kier alpha value is -0.720. The highest BCUT2D eigenvalue weighted by Crippen LogP contribution is 2.12. The highest BCUT2D eigenvalue weighted by atomic mass is 35.5. The third-order valence-corrected chi connectivity index (χ3v) is 3.20. The van der Waals surface area contributed by atoms with Gasteiger partial charge in [-0.3, -0.25) is 4.79 Å². The maximum atomic E-state index is 11.1. The predicted octanol–water partition coefficient (Wildman–Crippen LogP) is 0.951. The van der Waals surface area contributed by atoms with E-state index < -0.39 is 0 Å². The van der Waals surface area contributed by atoms with Gasteiger partial charge in [0.05, 0.1) is 6.33 Å². The number of hydrogen-bond acceptors (Lipinski definition) is 5. The van der Waals surface area contributed by atoms with Crippen molar-refractivity contribution >= 4 is 29.2 Å². The number of nitrogens with one attached hydrogen (secondary N) is 2. The van der Waals surface area contributed by atoms with E-state index in [-0.39, 0.29) is 17.2 Å². The summed E-state index contributed by atoms with van der Waals surface area (Å²) in [6.07, 6.45) is 2.12. The number of aromatic amines is 1. The van der Waals surface area contributed by atoms with Gasteiger partial charge in [-0.25, -0.2) is 4.98 Å². The first-order valence-electron chi connectivity index (χ1n) is 4.91. The number of aliphatic hydroxyl groups is 1. The first kappa shape index (κ1) is 13.3. The van der Waals surface area contributed by atoms with Crippen LogP contribution in [0.5, 0.6) is 0 Å². The SMILES string of the molecule is O=c1[nH]cnc(NCCSCCCO)c1Cl. The van der Waals surface area contributed by atoms with Crippen LogP contribution in [-0.2, 0) is 0 Å². The summed E-state index contributed by atoms with van der Waals surface area (Å²) in [5.74, 6) is 2.22. The molecule has 16 heavy (non-hydrogen) atoms.